The Morgan fingerprint density at radius 3 is 2.45 bits per heavy atom. The molecule has 118 valence electrons. The molecule has 1 aliphatic carbocycles. The first-order chi connectivity index (χ1) is 10.8. The van der Waals surface area contributed by atoms with Gasteiger partial charge in [-0.2, -0.15) is 4.98 Å². The Hall–Kier alpha value is -1.68. The van der Waals surface area contributed by atoms with Crippen molar-refractivity contribution in [2.75, 3.05) is 0 Å². The molecule has 3 rings (SSSR count). The fourth-order valence-corrected chi connectivity index (χ4v) is 2.72. The molecular weight excluding hydrogens is 274 g/mol. The van der Waals surface area contributed by atoms with Crippen LogP contribution in [-0.4, -0.2) is 21.1 Å². The summed E-state index contributed by atoms with van der Waals surface area (Å²) >= 11 is 0. The zero-order chi connectivity index (χ0) is 15.4. The van der Waals surface area contributed by atoms with Crippen LogP contribution < -0.4 is 0 Å². The average molecular weight is 299 g/mol. The molecule has 0 amide bonds. The molecule has 1 fully saturated rings. The Kier molecular flexibility index (Phi) is 4.88. The third-order valence-electron chi connectivity index (χ3n) is 4.20. The van der Waals surface area contributed by atoms with Crippen molar-refractivity contribution >= 4 is 0 Å². The van der Waals surface area contributed by atoms with E-state index in [9.17, 15) is 0 Å². The van der Waals surface area contributed by atoms with Crippen molar-refractivity contribution in [2.24, 2.45) is 0 Å². The second kappa shape index (κ2) is 7.05. The summed E-state index contributed by atoms with van der Waals surface area (Å²) < 4.78 is 5.40. The summed E-state index contributed by atoms with van der Waals surface area (Å²) in [6.45, 7) is 6.04. The highest BCUT2D eigenvalue weighted by atomic mass is 16.5. The minimum Gasteiger partial charge on any atom is -0.338 e. The van der Waals surface area contributed by atoms with Crippen LogP contribution in [0.15, 0.2) is 28.8 Å². The van der Waals surface area contributed by atoms with Crippen molar-refractivity contribution in [1.29, 1.82) is 0 Å². The highest BCUT2D eigenvalue weighted by Gasteiger charge is 2.30. The van der Waals surface area contributed by atoms with E-state index in [-0.39, 0.29) is 0 Å². The third-order valence-corrected chi connectivity index (χ3v) is 4.20. The molecule has 1 saturated carbocycles. The number of benzene rings is 1. The summed E-state index contributed by atoms with van der Waals surface area (Å²) in [6.07, 6.45) is 5.60. The van der Waals surface area contributed by atoms with Crippen LogP contribution in [0.5, 0.6) is 0 Å². The molecule has 1 aliphatic rings. The van der Waals surface area contributed by atoms with E-state index in [4.69, 9.17) is 4.52 Å². The van der Waals surface area contributed by atoms with Crippen molar-refractivity contribution in [2.45, 2.75) is 65.1 Å². The molecule has 4 nitrogen and oxygen atoms in total. The molecule has 0 saturated heterocycles. The zero-order valence-corrected chi connectivity index (χ0v) is 13.6. The molecule has 0 spiro atoms. The SMILES string of the molecule is CCCc1noc(CN(Cc2ccc(CC)cc2)C2CC2)n1. The number of nitrogens with zero attached hydrogens (tertiary/aromatic N) is 3. The second-order valence-electron chi connectivity index (χ2n) is 6.16. The monoisotopic (exact) mass is 299 g/mol. The van der Waals surface area contributed by atoms with Crippen molar-refractivity contribution < 1.29 is 4.52 Å². The normalized spacial score (nSPS) is 14.7. The number of aryl methyl sites for hydroxylation is 2. The highest BCUT2D eigenvalue weighted by Crippen LogP contribution is 2.29. The van der Waals surface area contributed by atoms with Crippen LogP contribution >= 0.6 is 0 Å². The second-order valence-corrected chi connectivity index (χ2v) is 6.16. The van der Waals surface area contributed by atoms with Crippen LogP contribution in [0, 0.1) is 0 Å². The van der Waals surface area contributed by atoms with Crippen LogP contribution in [0.1, 0.15) is 56.0 Å². The lowest BCUT2D eigenvalue weighted by Crippen LogP contribution is -2.25. The summed E-state index contributed by atoms with van der Waals surface area (Å²) in [5.41, 5.74) is 2.75. The molecule has 0 N–H and O–H groups in total. The lowest BCUT2D eigenvalue weighted by molar-refractivity contribution is 0.209. The molecular formula is C18H25N3O. The maximum Gasteiger partial charge on any atom is 0.240 e. The summed E-state index contributed by atoms with van der Waals surface area (Å²) in [7, 11) is 0. The molecule has 0 bridgehead atoms. The lowest BCUT2D eigenvalue weighted by Gasteiger charge is -2.20. The summed E-state index contributed by atoms with van der Waals surface area (Å²) in [5.74, 6) is 1.58. The molecule has 1 aromatic heterocycles. The van der Waals surface area contributed by atoms with Gasteiger partial charge in [-0.3, -0.25) is 4.90 Å². The lowest BCUT2D eigenvalue weighted by atomic mass is 10.1. The van der Waals surface area contributed by atoms with Gasteiger partial charge in [0, 0.05) is 19.0 Å². The van der Waals surface area contributed by atoms with Crippen LogP contribution in [0.25, 0.3) is 0 Å². The van der Waals surface area contributed by atoms with Crippen molar-refractivity contribution in [3.8, 4) is 0 Å². The zero-order valence-electron chi connectivity index (χ0n) is 13.6. The smallest absolute Gasteiger partial charge is 0.240 e. The summed E-state index contributed by atoms with van der Waals surface area (Å²) in [4.78, 5) is 6.96. The fourth-order valence-electron chi connectivity index (χ4n) is 2.72. The fraction of sp³-hybridized carbons (Fsp3) is 0.556. The van der Waals surface area contributed by atoms with Crippen LogP contribution in [0.3, 0.4) is 0 Å². The van der Waals surface area contributed by atoms with Crippen molar-refractivity contribution in [3.63, 3.8) is 0 Å². The van der Waals surface area contributed by atoms with Crippen LogP contribution in [0.4, 0.5) is 0 Å². The molecule has 22 heavy (non-hydrogen) atoms. The van der Waals surface area contributed by atoms with Gasteiger partial charge in [-0.25, -0.2) is 0 Å². The van der Waals surface area contributed by atoms with E-state index < -0.39 is 0 Å². The number of hydrogen-bond acceptors (Lipinski definition) is 4. The number of aromatic nitrogens is 2. The van der Waals surface area contributed by atoms with E-state index in [1.165, 1.54) is 24.0 Å². The minimum absolute atomic E-state index is 0.673. The maximum absolute atomic E-state index is 5.40. The van der Waals surface area contributed by atoms with Crippen molar-refractivity contribution in [1.82, 2.24) is 15.0 Å². The Labute approximate surface area is 132 Å². The number of rotatable bonds is 8. The molecule has 0 unspecified atom stereocenters. The predicted octanol–water partition coefficient (Wildman–Crippen LogP) is 3.75. The van der Waals surface area contributed by atoms with E-state index in [1.807, 2.05) is 0 Å². The minimum atomic E-state index is 0.673. The van der Waals surface area contributed by atoms with E-state index in [2.05, 4.69) is 53.2 Å². The Balaban J connectivity index is 1.64. The molecule has 1 heterocycles. The first-order valence-corrected chi connectivity index (χ1v) is 8.41. The van der Waals surface area contributed by atoms with Gasteiger partial charge in [0.1, 0.15) is 0 Å². The highest BCUT2D eigenvalue weighted by molar-refractivity contribution is 5.22. The van der Waals surface area contributed by atoms with Gasteiger partial charge in [-0.05, 0) is 36.8 Å². The number of hydrogen-bond donors (Lipinski definition) is 0. The molecule has 4 heteroatoms. The molecule has 2 aromatic rings. The van der Waals surface area contributed by atoms with E-state index in [1.54, 1.807) is 0 Å². The maximum atomic E-state index is 5.40. The van der Waals surface area contributed by atoms with Gasteiger partial charge < -0.3 is 4.52 Å². The Bertz CT molecular complexity index is 587. The van der Waals surface area contributed by atoms with E-state index in [0.29, 0.717) is 6.04 Å². The van der Waals surface area contributed by atoms with Gasteiger partial charge in [0.15, 0.2) is 5.82 Å². The van der Waals surface area contributed by atoms with Gasteiger partial charge >= 0.3 is 0 Å². The van der Waals surface area contributed by atoms with Gasteiger partial charge in [-0.1, -0.05) is 43.3 Å². The summed E-state index contributed by atoms with van der Waals surface area (Å²) in [5, 5.41) is 4.06. The molecule has 0 atom stereocenters. The Morgan fingerprint density at radius 1 is 1.09 bits per heavy atom. The molecule has 0 aliphatic heterocycles. The van der Waals surface area contributed by atoms with Gasteiger partial charge in [0.05, 0.1) is 6.54 Å². The van der Waals surface area contributed by atoms with Gasteiger partial charge in [-0.15, -0.1) is 0 Å². The van der Waals surface area contributed by atoms with E-state index >= 15 is 0 Å². The van der Waals surface area contributed by atoms with Gasteiger partial charge in [0.25, 0.3) is 0 Å². The quantitative estimate of drug-likeness (QED) is 0.744. The van der Waals surface area contributed by atoms with E-state index in [0.717, 1.165) is 44.1 Å². The first-order valence-electron chi connectivity index (χ1n) is 8.41. The van der Waals surface area contributed by atoms with Crippen molar-refractivity contribution in [3.05, 3.63) is 47.1 Å². The predicted molar refractivity (Wildman–Crippen MR) is 86.4 cm³/mol. The molecule has 1 aromatic carbocycles. The average Bonchev–Trinajstić information content (AvgIpc) is 3.30. The van der Waals surface area contributed by atoms with Gasteiger partial charge in [0.2, 0.25) is 5.89 Å². The van der Waals surface area contributed by atoms with Crippen LogP contribution in [0.2, 0.25) is 0 Å². The largest absolute Gasteiger partial charge is 0.338 e. The first kappa shape index (κ1) is 15.2. The Morgan fingerprint density at radius 2 is 1.82 bits per heavy atom. The third kappa shape index (κ3) is 3.95. The summed E-state index contributed by atoms with van der Waals surface area (Å²) in [6, 6.07) is 9.61. The van der Waals surface area contributed by atoms with Crippen LogP contribution in [-0.2, 0) is 25.9 Å². The molecule has 0 radical (unpaired) electrons. The standard InChI is InChI=1S/C18H25N3O/c1-3-5-17-19-18(22-20-17)13-21(16-10-11-16)12-15-8-6-14(4-2)7-9-15/h6-9,16H,3-5,10-13H2,1-2H3. The topological polar surface area (TPSA) is 42.2 Å².